The molecule has 10 aromatic carbocycles. The molecule has 0 fully saturated rings. The van der Waals surface area contributed by atoms with Gasteiger partial charge in [0, 0.05) is 28.0 Å². The molecule has 0 bridgehead atoms. The van der Waals surface area contributed by atoms with E-state index < -0.39 is 8.80 Å². The summed E-state index contributed by atoms with van der Waals surface area (Å²) in [5.74, 6) is 0.624. The second kappa shape index (κ2) is 15.8. The highest BCUT2D eigenvalue weighted by Crippen LogP contribution is 2.41. The Morgan fingerprint density at radius 1 is 0.377 bits per heavy atom. The van der Waals surface area contributed by atoms with E-state index in [2.05, 4.69) is 211 Å². The molecule has 0 aliphatic carbocycles. The van der Waals surface area contributed by atoms with Crippen molar-refractivity contribution in [3.63, 3.8) is 0 Å². The summed E-state index contributed by atoms with van der Waals surface area (Å²) in [5, 5.41) is 8.50. The monoisotopic (exact) mass is 795 g/mol. The Balaban J connectivity index is 1.06. The Bertz CT molecular complexity index is 3240. The fourth-order valence-electron chi connectivity index (χ4n) is 8.68. The molecule has 4 heteroatoms. The van der Waals surface area contributed by atoms with E-state index in [1.165, 1.54) is 37.8 Å². The number of nitrogens with zero attached hydrogens (tertiary/aromatic N) is 2. The largest absolute Gasteiger partial charge is 0.435 e. The lowest BCUT2D eigenvalue weighted by molar-refractivity contribution is 0.623. The predicted molar refractivity (Wildman–Crippen MR) is 258 cm³/mol. The van der Waals surface area contributed by atoms with Crippen LogP contribution < -0.4 is 20.5 Å². The van der Waals surface area contributed by atoms with Crippen molar-refractivity contribution in [1.82, 2.24) is 4.98 Å². The Kier molecular flexibility index (Phi) is 9.38. The molecule has 0 saturated carbocycles. The van der Waals surface area contributed by atoms with Crippen LogP contribution in [0.2, 0.25) is 0 Å². The van der Waals surface area contributed by atoms with Crippen LogP contribution >= 0.6 is 0 Å². The van der Waals surface area contributed by atoms with Gasteiger partial charge >= 0.3 is 0 Å². The molecule has 1 aromatic heterocycles. The lowest BCUT2D eigenvalue weighted by atomic mass is 9.94. The van der Waals surface area contributed by atoms with Crippen molar-refractivity contribution in [2.24, 2.45) is 0 Å². The zero-order chi connectivity index (χ0) is 40.5. The molecule has 0 N–H and O–H groups in total. The van der Waals surface area contributed by atoms with Crippen molar-refractivity contribution in [2.45, 2.75) is 0 Å². The third kappa shape index (κ3) is 6.89. The first-order chi connectivity index (χ1) is 30.2. The summed E-state index contributed by atoms with van der Waals surface area (Å²) in [6.07, 6.45) is 0. The van der Waals surface area contributed by atoms with Crippen LogP contribution in [0.15, 0.2) is 241 Å². The number of oxazole rings is 1. The molecular weight excluding hydrogens is 757 g/mol. The van der Waals surface area contributed by atoms with Crippen molar-refractivity contribution in [1.29, 1.82) is 0 Å². The predicted octanol–water partition coefficient (Wildman–Crippen LogP) is 13.1. The van der Waals surface area contributed by atoms with Crippen LogP contribution in [0.5, 0.6) is 0 Å². The smallest absolute Gasteiger partial charge is 0.227 e. The molecule has 1 heterocycles. The van der Waals surface area contributed by atoms with Gasteiger partial charge in [-0.25, -0.2) is 4.98 Å². The Labute approximate surface area is 357 Å². The van der Waals surface area contributed by atoms with E-state index in [0.717, 1.165) is 55.3 Å². The second-order valence-electron chi connectivity index (χ2n) is 15.3. The molecule has 287 valence electrons. The lowest BCUT2D eigenvalue weighted by Crippen LogP contribution is -2.51. The first-order valence-electron chi connectivity index (χ1n) is 20.7. The third-order valence-corrected chi connectivity index (χ3v) is 14.3. The highest BCUT2D eigenvalue weighted by molar-refractivity contribution is 6.95. The summed E-state index contributed by atoms with van der Waals surface area (Å²) in [5.41, 5.74) is 10.6. The van der Waals surface area contributed by atoms with Crippen LogP contribution in [0.25, 0.3) is 66.4 Å². The van der Waals surface area contributed by atoms with Gasteiger partial charge < -0.3 is 9.32 Å². The summed E-state index contributed by atoms with van der Waals surface area (Å²) in [6, 6.07) is 85.0. The van der Waals surface area contributed by atoms with Crippen LogP contribution in [0.3, 0.4) is 0 Å². The van der Waals surface area contributed by atoms with Gasteiger partial charge in [0.1, 0.15) is 5.52 Å². The van der Waals surface area contributed by atoms with E-state index in [0.29, 0.717) is 5.89 Å². The maximum absolute atomic E-state index is 6.63. The molecule has 0 aliphatic rings. The molecule has 61 heavy (non-hydrogen) atoms. The summed E-state index contributed by atoms with van der Waals surface area (Å²) < 4.78 is 6.63. The highest BCUT2D eigenvalue weighted by atomic mass is 28.3. The third-order valence-electron chi connectivity index (χ3n) is 11.6. The van der Waals surface area contributed by atoms with Crippen LogP contribution in [0.4, 0.5) is 17.1 Å². The zero-order valence-corrected chi connectivity index (χ0v) is 34.3. The SMILES string of the molecule is c1ccc(-c2nc3ccc4ccc5ccc(N(c6ccc(-c7ccccc7-c7ccccc7)cc6)c6ccc([Si](c7ccccc7)c7ccccc7)cc6)cc5c4c3o2)cc1. The summed E-state index contributed by atoms with van der Waals surface area (Å²) >= 11 is 0. The van der Waals surface area contributed by atoms with Gasteiger partial charge in [-0.15, -0.1) is 0 Å². The molecular formula is C57H39N2OSi. The van der Waals surface area contributed by atoms with E-state index >= 15 is 0 Å². The van der Waals surface area contributed by atoms with Crippen LogP contribution in [0, 0.1) is 0 Å². The van der Waals surface area contributed by atoms with Crippen molar-refractivity contribution in [3.8, 4) is 33.7 Å². The Morgan fingerprint density at radius 2 is 0.836 bits per heavy atom. The fraction of sp³-hybridized carbons (Fsp3) is 0. The van der Waals surface area contributed by atoms with Gasteiger partial charge in [0.15, 0.2) is 14.4 Å². The quantitative estimate of drug-likeness (QED) is 0.0828. The van der Waals surface area contributed by atoms with Gasteiger partial charge in [0.25, 0.3) is 0 Å². The lowest BCUT2D eigenvalue weighted by Gasteiger charge is -2.27. The fourth-order valence-corrected chi connectivity index (χ4v) is 11.2. The minimum absolute atomic E-state index is 0.624. The van der Waals surface area contributed by atoms with E-state index in [1.807, 2.05) is 30.3 Å². The highest BCUT2D eigenvalue weighted by Gasteiger charge is 2.22. The Hall–Kier alpha value is -7.79. The summed E-state index contributed by atoms with van der Waals surface area (Å²) in [6.45, 7) is 0. The van der Waals surface area contributed by atoms with Crippen molar-refractivity contribution >= 4 is 74.1 Å². The van der Waals surface area contributed by atoms with Gasteiger partial charge in [-0.1, -0.05) is 198 Å². The molecule has 1 radical (unpaired) electrons. The minimum atomic E-state index is -1.24. The molecule has 0 aliphatic heterocycles. The van der Waals surface area contributed by atoms with E-state index in [1.54, 1.807) is 0 Å². The molecule has 0 amide bonds. The van der Waals surface area contributed by atoms with Gasteiger partial charge in [0.2, 0.25) is 5.89 Å². The number of fused-ring (bicyclic) bond motifs is 5. The topological polar surface area (TPSA) is 29.3 Å². The van der Waals surface area contributed by atoms with Gasteiger partial charge in [0.05, 0.1) is 0 Å². The number of hydrogen-bond donors (Lipinski definition) is 0. The first kappa shape index (κ1) is 36.3. The van der Waals surface area contributed by atoms with E-state index in [4.69, 9.17) is 9.40 Å². The van der Waals surface area contributed by atoms with Crippen molar-refractivity contribution in [2.75, 3.05) is 4.90 Å². The minimum Gasteiger partial charge on any atom is -0.435 e. The molecule has 0 spiro atoms. The zero-order valence-electron chi connectivity index (χ0n) is 33.3. The maximum atomic E-state index is 6.63. The number of hydrogen-bond acceptors (Lipinski definition) is 3. The van der Waals surface area contributed by atoms with E-state index in [9.17, 15) is 0 Å². The summed E-state index contributed by atoms with van der Waals surface area (Å²) in [7, 11) is -1.24. The number of aromatic nitrogens is 1. The average Bonchev–Trinajstić information content (AvgIpc) is 3.79. The van der Waals surface area contributed by atoms with Crippen LogP contribution in [-0.4, -0.2) is 13.8 Å². The van der Waals surface area contributed by atoms with Crippen molar-refractivity contribution in [3.05, 3.63) is 237 Å². The first-order valence-corrected chi connectivity index (χ1v) is 22.2. The van der Waals surface area contributed by atoms with Crippen LogP contribution in [-0.2, 0) is 0 Å². The molecule has 3 nitrogen and oxygen atoms in total. The standard InChI is InChI=1S/C57H39N2OSi/c1-5-15-40(16-6-1)51-23-13-14-24-52(51)41-27-31-45(32-28-41)59(46-34-36-50(37-35-46)61(48-19-9-3-10-20-48)49-21-11-4-12-22-49)47-33-29-42-25-26-43-30-38-54-56(55(43)53(42)39-47)60-57(58-54)44-17-7-2-8-18-44/h1-39H. The second-order valence-corrected chi connectivity index (χ2v) is 17.8. The molecule has 11 aromatic rings. The van der Waals surface area contributed by atoms with Crippen molar-refractivity contribution < 1.29 is 4.42 Å². The normalized spacial score (nSPS) is 11.4. The van der Waals surface area contributed by atoms with Crippen LogP contribution in [0.1, 0.15) is 0 Å². The number of anilines is 3. The summed E-state index contributed by atoms with van der Waals surface area (Å²) in [4.78, 5) is 7.32. The number of benzene rings is 10. The average molecular weight is 796 g/mol. The molecule has 0 atom stereocenters. The van der Waals surface area contributed by atoms with E-state index in [-0.39, 0.29) is 0 Å². The Morgan fingerprint density at radius 3 is 1.46 bits per heavy atom. The van der Waals surface area contributed by atoms with Gasteiger partial charge in [-0.05, 0) is 93.0 Å². The molecule has 0 saturated heterocycles. The number of rotatable bonds is 9. The molecule has 0 unspecified atom stereocenters. The van der Waals surface area contributed by atoms with Gasteiger partial charge in [-0.3, -0.25) is 0 Å². The maximum Gasteiger partial charge on any atom is 0.227 e. The molecule has 11 rings (SSSR count). The van der Waals surface area contributed by atoms with Gasteiger partial charge in [-0.2, -0.15) is 0 Å².